The highest BCUT2D eigenvalue weighted by atomic mass is 35.5. The van der Waals surface area contributed by atoms with Crippen LogP contribution in [0.15, 0.2) is 48.5 Å². The lowest BCUT2D eigenvalue weighted by atomic mass is 10.1. The minimum absolute atomic E-state index is 0.173. The van der Waals surface area contributed by atoms with E-state index >= 15 is 0 Å². The van der Waals surface area contributed by atoms with Crippen LogP contribution in [0.4, 0.5) is 5.69 Å². The monoisotopic (exact) mass is 316 g/mol. The van der Waals surface area contributed by atoms with Crippen molar-refractivity contribution in [1.82, 2.24) is 5.32 Å². The molecule has 5 heteroatoms. The molecule has 0 aromatic heterocycles. The summed E-state index contributed by atoms with van der Waals surface area (Å²) >= 11 is 5.85. The summed E-state index contributed by atoms with van der Waals surface area (Å²) in [5.41, 5.74) is 2.17. The maximum atomic E-state index is 12.0. The summed E-state index contributed by atoms with van der Waals surface area (Å²) < 4.78 is 0. The summed E-state index contributed by atoms with van der Waals surface area (Å²) in [6, 6.07) is 14.3. The second-order valence-electron chi connectivity index (χ2n) is 4.88. The standard InChI is InChI=1S/C17H17ClN2O2/c1-12-5-2-3-8-15(12)17(22)19-10-9-16(21)20-14-7-4-6-13(18)11-14/h2-8,11H,9-10H2,1H3,(H,19,22)(H,20,21). The molecule has 4 nitrogen and oxygen atoms in total. The molecule has 2 N–H and O–H groups in total. The fourth-order valence-corrected chi connectivity index (χ4v) is 2.19. The zero-order chi connectivity index (χ0) is 15.9. The number of rotatable bonds is 5. The number of carbonyl (C=O) groups is 2. The van der Waals surface area contributed by atoms with Gasteiger partial charge in [-0.1, -0.05) is 35.9 Å². The van der Waals surface area contributed by atoms with Crippen LogP contribution in [0.2, 0.25) is 5.02 Å². The molecule has 0 fully saturated rings. The van der Waals surface area contributed by atoms with Crippen LogP contribution in [0.1, 0.15) is 22.3 Å². The molecule has 2 amide bonds. The quantitative estimate of drug-likeness (QED) is 0.888. The number of aryl methyl sites for hydroxylation is 1. The third kappa shape index (κ3) is 4.60. The average molecular weight is 317 g/mol. The summed E-state index contributed by atoms with van der Waals surface area (Å²) in [7, 11) is 0. The predicted octanol–water partition coefficient (Wildman–Crippen LogP) is 3.41. The molecule has 2 aromatic carbocycles. The lowest BCUT2D eigenvalue weighted by Gasteiger charge is -2.08. The normalized spacial score (nSPS) is 10.1. The molecule has 0 spiro atoms. The van der Waals surface area contributed by atoms with E-state index in [-0.39, 0.29) is 24.8 Å². The van der Waals surface area contributed by atoms with Crippen molar-refractivity contribution >= 4 is 29.1 Å². The SMILES string of the molecule is Cc1ccccc1C(=O)NCCC(=O)Nc1cccc(Cl)c1. The lowest BCUT2D eigenvalue weighted by Crippen LogP contribution is -2.28. The van der Waals surface area contributed by atoms with Crippen molar-refractivity contribution in [3.05, 3.63) is 64.7 Å². The van der Waals surface area contributed by atoms with E-state index in [0.29, 0.717) is 16.3 Å². The molecule has 0 radical (unpaired) electrons. The number of hydrogen-bond acceptors (Lipinski definition) is 2. The van der Waals surface area contributed by atoms with Gasteiger partial charge in [0.1, 0.15) is 0 Å². The Morgan fingerprint density at radius 2 is 1.86 bits per heavy atom. The second kappa shape index (κ2) is 7.61. The van der Waals surface area contributed by atoms with Crippen molar-refractivity contribution in [3.63, 3.8) is 0 Å². The minimum atomic E-state index is -0.174. The van der Waals surface area contributed by atoms with Gasteiger partial charge in [0.25, 0.3) is 5.91 Å². The smallest absolute Gasteiger partial charge is 0.251 e. The topological polar surface area (TPSA) is 58.2 Å². The zero-order valence-electron chi connectivity index (χ0n) is 12.2. The molecule has 0 saturated heterocycles. The van der Waals surface area contributed by atoms with E-state index in [9.17, 15) is 9.59 Å². The van der Waals surface area contributed by atoms with E-state index in [1.807, 2.05) is 25.1 Å². The highest BCUT2D eigenvalue weighted by molar-refractivity contribution is 6.30. The van der Waals surface area contributed by atoms with Gasteiger partial charge in [0, 0.05) is 29.2 Å². The van der Waals surface area contributed by atoms with Crippen LogP contribution in [0.5, 0.6) is 0 Å². The molecule has 114 valence electrons. The Morgan fingerprint density at radius 1 is 1.09 bits per heavy atom. The van der Waals surface area contributed by atoms with Gasteiger partial charge in [-0.15, -0.1) is 0 Å². The highest BCUT2D eigenvalue weighted by Gasteiger charge is 2.08. The molecule has 0 atom stereocenters. The van der Waals surface area contributed by atoms with Crippen molar-refractivity contribution < 1.29 is 9.59 Å². The number of carbonyl (C=O) groups excluding carboxylic acids is 2. The Balaban J connectivity index is 1.80. The van der Waals surface area contributed by atoms with Crippen LogP contribution in [-0.2, 0) is 4.79 Å². The first-order valence-electron chi connectivity index (χ1n) is 6.95. The molecule has 2 aromatic rings. The van der Waals surface area contributed by atoms with E-state index < -0.39 is 0 Å². The van der Waals surface area contributed by atoms with Crippen LogP contribution in [0, 0.1) is 6.92 Å². The molecule has 0 saturated carbocycles. The number of anilines is 1. The van der Waals surface area contributed by atoms with Crippen molar-refractivity contribution in [2.45, 2.75) is 13.3 Å². The van der Waals surface area contributed by atoms with Gasteiger partial charge in [-0.25, -0.2) is 0 Å². The summed E-state index contributed by atoms with van der Waals surface area (Å²) in [6.07, 6.45) is 0.199. The van der Waals surface area contributed by atoms with Gasteiger partial charge >= 0.3 is 0 Å². The minimum Gasteiger partial charge on any atom is -0.352 e. The van der Waals surface area contributed by atoms with Crippen LogP contribution < -0.4 is 10.6 Å². The Kier molecular flexibility index (Phi) is 5.55. The van der Waals surface area contributed by atoms with Crippen molar-refractivity contribution in [3.8, 4) is 0 Å². The van der Waals surface area contributed by atoms with Crippen molar-refractivity contribution in [2.75, 3.05) is 11.9 Å². The first kappa shape index (κ1) is 16.0. The average Bonchev–Trinajstić information content (AvgIpc) is 2.47. The third-order valence-electron chi connectivity index (χ3n) is 3.14. The van der Waals surface area contributed by atoms with Crippen LogP contribution in [-0.4, -0.2) is 18.4 Å². The summed E-state index contributed by atoms with van der Waals surface area (Å²) in [5, 5.41) is 6.04. The number of amides is 2. The van der Waals surface area contributed by atoms with Gasteiger partial charge in [-0.05, 0) is 36.8 Å². The molecular weight excluding hydrogens is 300 g/mol. The maximum absolute atomic E-state index is 12.0. The van der Waals surface area contributed by atoms with Crippen molar-refractivity contribution in [2.24, 2.45) is 0 Å². The van der Waals surface area contributed by atoms with Gasteiger partial charge in [0.05, 0.1) is 0 Å². The number of hydrogen-bond donors (Lipinski definition) is 2. The van der Waals surface area contributed by atoms with Gasteiger partial charge in [0.15, 0.2) is 0 Å². The molecule has 2 rings (SSSR count). The Hall–Kier alpha value is -2.33. The lowest BCUT2D eigenvalue weighted by molar-refractivity contribution is -0.116. The molecule has 0 bridgehead atoms. The number of benzene rings is 2. The fraction of sp³-hybridized carbons (Fsp3) is 0.176. The van der Waals surface area contributed by atoms with Crippen LogP contribution in [0.25, 0.3) is 0 Å². The molecule has 22 heavy (non-hydrogen) atoms. The third-order valence-corrected chi connectivity index (χ3v) is 3.37. The van der Waals surface area contributed by atoms with E-state index in [4.69, 9.17) is 11.6 Å². The summed E-state index contributed by atoms with van der Waals surface area (Å²) in [4.78, 5) is 23.8. The predicted molar refractivity (Wildman–Crippen MR) is 88.2 cm³/mol. The van der Waals surface area contributed by atoms with Gasteiger partial charge < -0.3 is 10.6 Å². The fourth-order valence-electron chi connectivity index (χ4n) is 2.00. The van der Waals surface area contributed by atoms with E-state index in [1.165, 1.54) is 0 Å². The molecular formula is C17H17ClN2O2. The van der Waals surface area contributed by atoms with Gasteiger partial charge in [-0.2, -0.15) is 0 Å². The number of nitrogens with one attached hydrogen (secondary N) is 2. The molecule has 0 unspecified atom stereocenters. The zero-order valence-corrected chi connectivity index (χ0v) is 13.0. The van der Waals surface area contributed by atoms with Gasteiger partial charge in [-0.3, -0.25) is 9.59 Å². The van der Waals surface area contributed by atoms with E-state index in [1.54, 1.807) is 30.3 Å². The second-order valence-corrected chi connectivity index (χ2v) is 5.32. The Morgan fingerprint density at radius 3 is 2.59 bits per heavy atom. The van der Waals surface area contributed by atoms with Crippen LogP contribution in [0.3, 0.4) is 0 Å². The number of halogens is 1. The van der Waals surface area contributed by atoms with Gasteiger partial charge in [0.2, 0.25) is 5.91 Å². The Bertz CT molecular complexity index is 686. The molecule has 0 aliphatic carbocycles. The van der Waals surface area contributed by atoms with Crippen LogP contribution >= 0.6 is 11.6 Å². The van der Waals surface area contributed by atoms with Crippen molar-refractivity contribution in [1.29, 1.82) is 0 Å². The van der Waals surface area contributed by atoms with E-state index in [2.05, 4.69) is 10.6 Å². The summed E-state index contributed by atoms with van der Waals surface area (Å²) in [5.74, 6) is -0.346. The Labute approximate surface area is 134 Å². The van der Waals surface area contributed by atoms with E-state index in [0.717, 1.165) is 5.56 Å². The summed E-state index contributed by atoms with van der Waals surface area (Å²) in [6.45, 7) is 2.15. The first-order chi connectivity index (χ1) is 10.6. The first-order valence-corrected chi connectivity index (χ1v) is 7.33. The maximum Gasteiger partial charge on any atom is 0.251 e. The molecule has 0 aliphatic heterocycles. The molecule has 0 aliphatic rings. The highest BCUT2D eigenvalue weighted by Crippen LogP contribution is 2.14. The largest absolute Gasteiger partial charge is 0.352 e. The molecule has 0 heterocycles.